The molecule has 0 bridgehead atoms. The highest BCUT2D eigenvalue weighted by molar-refractivity contribution is 7.10. The Labute approximate surface area is 117 Å². The maximum atomic E-state index is 12.0. The van der Waals surface area contributed by atoms with Gasteiger partial charge >= 0.3 is 0 Å². The van der Waals surface area contributed by atoms with Crippen molar-refractivity contribution in [2.24, 2.45) is 0 Å². The molecule has 1 aliphatic rings. The molecule has 0 radical (unpaired) electrons. The molecule has 0 aliphatic carbocycles. The normalized spacial score (nSPS) is 23.8. The minimum atomic E-state index is -1.04. The van der Waals surface area contributed by atoms with Crippen molar-refractivity contribution in [1.29, 1.82) is 0 Å². The van der Waals surface area contributed by atoms with Crippen molar-refractivity contribution in [3.63, 3.8) is 0 Å². The van der Waals surface area contributed by atoms with Gasteiger partial charge < -0.3 is 20.1 Å². The molecule has 1 fully saturated rings. The minimum Gasteiger partial charge on any atom is -0.383 e. The number of likely N-dealkylation sites (N-methyl/N-ethyl adjacent to an activating group) is 1. The van der Waals surface area contributed by atoms with Crippen LogP contribution in [0.3, 0.4) is 0 Å². The number of nitrogens with one attached hydrogen (secondary N) is 1. The molecule has 0 spiro atoms. The summed E-state index contributed by atoms with van der Waals surface area (Å²) in [4.78, 5) is 14.9. The molecule has 0 saturated carbocycles. The molecule has 1 aromatic heterocycles. The molecule has 106 valence electrons. The number of aliphatic hydroxyl groups is 1. The number of carbonyl (C=O) groups is 1. The van der Waals surface area contributed by atoms with Crippen LogP contribution in [0.5, 0.6) is 0 Å². The number of thiophene rings is 1. The first-order chi connectivity index (χ1) is 8.99. The van der Waals surface area contributed by atoms with Gasteiger partial charge in [-0.1, -0.05) is 6.07 Å². The van der Waals surface area contributed by atoms with E-state index >= 15 is 0 Å². The van der Waals surface area contributed by atoms with Gasteiger partial charge in [-0.15, -0.1) is 11.3 Å². The van der Waals surface area contributed by atoms with Crippen LogP contribution in [0.25, 0.3) is 0 Å². The van der Waals surface area contributed by atoms with Gasteiger partial charge in [0.1, 0.15) is 11.7 Å². The van der Waals surface area contributed by atoms with Gasteiger partial charge in [0.25, 0.3) is 5.91 Å². The Balaban J connectivity index is 1.86. The summed E-state index contributed by atoms with van der Waals surface area (Å²) in [6.07, 6.45) is -0.446. The van der Waals surface area contributed by atoms with Crippen LogP contribution in [-0.2, 0) is 15.1 Å². The van der Waals surface area contributed by atoms with Crippen molar-refractivity contribution >= 4 is 17.2 Å². The number of rotatable bonds is 4. The van der Waals surface area contributed by atoms with Gasteiger partial charge in [-0.2, -0.15) is 0 Å². The summed E-state index contributed by atoms with van der Waals surface area (Å²) in [5.74, 6) is -0.164. The number of hydrogen-bond donors (Lipinski definition) is 2. The summed E-state index contributed by atoms with van der Waals surface area (Å²) in [7, 11) is 1.96. The lowest BCUT2D eigenvalue weighted by atomic mass is 10.1. The molecule has 2 rings (SSSR count). The van der Waals surface area contributed by atoms with Gasteiger partial charge in [0.2, 0.25) is 0 Å². The van der Waals surface area contributed by atoms with Gasteiger partial charge in [0.15, 0.2) is 0 Å². The highest BCUT2D eigenvalue weighted by Crippen LogP contribution is 2.24. The van der Waals surface area contributed by atoms with E-state index in [1.54, 1.807) is 6.92 Å². The maximum Gasteiger partial charge on any atom is 0.250 e. The van der Waals surface area contributed by atoms with Crippen molar-refractivity contribution < 1.29 is 14.6 Å². The molecule has 1 aromatic rings. The molecule has 2 unspecified atom stereocenters. The zero-order valence-corrected chi connectivity index (χ0v) is 12.1. The van der Waals surface area contributed by atoms with E-state index in [1.807, 2.05) is 24.6 Å². The predicted octanol–water partition coefficient (Wildman–Crippen LogP) is 0.402. The quantitative estimate of drug-likeness (QED) is 0.840. The molecule has 2 atom stereocenters. The lowest BCUT2D eigenvalue weighted by Crippen LogP contribution is -2.50. The molecule has 1 aliphatic heterocycles. The average Bonchev–Trinajstić information content (AvgIpc) is 2.90. The molecule has 5 nitrogen and oxygen atoms in total. The third-order valence-corrected chi connectivity index (χ3v) is 4.34. The second kappa shape index (κ2) is 6.00. The van der Waals surface area contributed by atoms with Crippen molar-refractivity contribution in [2.75, 3.05) is 33.3 Å². The molecule has 1 saturated heterocycles. The fraction of sp³-hybridized carbons (Fsp3) is 0.615. The number of morpholine rings is 1. The second-order valence-corrected chi connectivity index (χ2v) is 6.04. The van der Waals surface area contributed by atoms with E-state index in [1.165, 1.54) is 11.3 Å². The molecule has 0 aromatic carbocycles. The molecular formula is C13H20N2O3S. The molecule has 6 heteroatoms. The maximum absolute atomic E-state index is 12.0. The predicted molar refractivity (Wildman–Crippen MR) is 74.1 cm³/mol. The molecule has 19 heavy (non-hydrogen) atoms. The summed E-state index contributed by atoms with van der Waals surface area (Å²) >= 11 is 1.48. The fourth-order valence-corrected chi connectivity index (χ4v) is 2.77. The van der Waals surface area contributed by atoms with E-state index < -0.39 is 11.7 Å². The Hall–Kier alpha value is -0.950. The van der Waals surface area contributed by atoms with Gasteiger partial charge in [-0.05, 0) is 25.4 Å². The lowest BCUT2D eigenvalue weighted by Gasteiger charge is -2.30. The van der Waals surface area contributed by atoms with Crippen LogP contribution < -0.4 is 5.32 Å². The first kappa shape index (κ1) is 14.5. The Morgan fingerprint density at radius 3 is 3.16 bits per heavy atom. The van der Waals surface area contributed by atoms with Crippen LogP contribution in [0.1, 0.15) is 11.8 Å². The first-order valence-corrected chi connectivity index (χ1v) is 7.21. The number of nitrogens with zero attached hydrogens (tertiary/aromatic N) is 1. The van der Waals surface area contributed by atoms with Crippen molar-refractivity contribution in [3.8, 4) is 0 Å². The number of ether oxygens (including phenoxy) is 1. The standard InChI is InChI=1S/C13H20N2O3S/c1-13(17,11-4-3-7-19-11)9-14-12(16)10-8-15(2)5-6-18-10/h3-4,7,10,17H,5-6,8-9H2,1-2H3,(H,14,16). The van der Waals surface area contributed by atoms with Crippen LogP contribution >= 0.6 is 11.3 Å². The average molecular weight is 284 g/mol. The molecule has 2 N–H and O–H groups in total. The number of amides is 1. The zero-order chi connectivity index (χ0) is 13.9. The smallest absolute Gasteiger partial charge is 0.250 e. The fourth-order valence-electron chi connectivity index (χ4n) is 1.98. The van der Waals surface area contributed by atoms with Crippen LogP contribution in [0.4, 0.5) is 0 Å². The van der Waals surface area contributed by atoms with E-state index in [2.05, 4.69) is 10.2 Å². The topological polar surface area (TPSA) is 61.8 Å². The highest BCUT2D eigenvalue weighted by atomic mass is 32.1. The first-order valence-electron chi connectivity index (χ1n) is 6.33. The van der Waals surface area contributed by atoms with Crippen molar-refractivity contribution in [1.82, 2.24) is 10.2 Å². The minimum absolute atomic E-state index is 0.164. The van der Waals surface area contributed by atoms with Gasteiger partial charge in [-0.25, -0.2) is 0 Å². The second-order valence-electron chi connectivity index (χ2n) is 5.09. The summed E-state index contributed by atoms with van der Waals surface area (Å²) in [5.41, 5.74) is -1.04. The number of carbonyl (C=O) groups excluding carboxylic acids is 1. The summed E-state index contributed by atoms with van der Waals surface area (Å²) in [5, 5.41) is 15.0. The number of hydrogen-bond acceptors (Lipinski definition) is 5. The zero-order valence-electron chi connectivity index (χ0n) is 11.3. The van der Waals surface area contributed by atoms with Crippen LogP contribution in [0.15, 0.2) is 17.5 Å². The largest absolute Gasteiger partial charge is 0.383 e. The van der Waals surface area contributed by atoms with Crippen LogP contribution in [0.2, 0.25) is 0 Å². The highest BCUT2D eigenvalue weighted by Gasteiger charge is 2.29. The lowest BCUT2D eigenvalue weighted by molar-refractivity contribution is -0.138. The van der Waals surface area contributed by atoms with E-state index in [-0.39, 0.29) is 12.5 Å². The van der Waals surface area contributed by atoms with Crippen molar-refractivity contribution in [2.45, 2.75) is 18.6 Å². The van der Waals surface area contributed by atoms with E-state index in [4.69, 9.17) is 4.74 Å². The molecular weight excluding hydrogens is 264 g/mol. The van der Waals surface area contributed by atoms with Crippen LogP contribution in [0, 0.1) is 0 Å². The van der Waals surface area contributed by atoms with Gasteiger partial charge in [0, 0.05) is 18.0 Å². The van der Waals surface area contributed by atoms with E-state index in [0.717, 1.165) is 11.4 Å². The Kier molecular flexibility index (Phi) is 4.57. The van der Waals surface area contributed by atoms with Gasteiger partial charge in [0.05, 0.1) is 13.2 Å². The van der Waals surface area contributed by atoms with Gasteiger partial charge in [-0.3, -0.25) is 4.79 Å². The third kappa shape index (κ3) is 3.76. The summed E-state index contributed by atoms with van der Waals surface area (Å²) < 4.78 is 5.43. The SMILES string of the molecule is CN1CCOC(C(=O)NCC(C)(O)c2cccs2)C1. The Morgan fingerprint density at radius 2 is 2.53 bits per heavy atom. The Morgan fingerprint density at radius 1 is 1.74 bits per heavy atom. The van der Waals surface area contributed by atoms with Crippen LogP contribution in [-0.4, -0.2) is 55.3 Å². The summed E-state index contributed by atoms with van der Waals surface area (Å²) in [6.45, 7) is 3.89. The molecule has 1 amide bonds. The third-order valence-electron chi connectivity index (χ3n) is 3.22. The van der Waals surface area contributed by atoms with Crippen molar-refractivity contribution in [3.05, 3.63) is 22.4 Å². The monoisotopic (exact) mass is 284 g/mol. The van der Waals surface area contributed by atoms with E-state index in [9.17, 15) is 9.90 Å². The summed E-state index contributed by atoms with van der Waals surface area (Å²) in [6, 6.07) is 3.75. The van der Waals surface area contributed by atoms with E-state index in [0.29, 0.717) is 13.2 Å². The Bertz CT molecular complexity index is 420. The molecule has 2 heterocycles.